The van der Waals surface area contributed by atoms with Crippen molar-refractivity contribution in [1.82, 2.24) is 15.1 Å². The number of hydrogen-bond acceptors (Lipinski definition) is 9. The molecule has 46 heavy (non-hydrogen) atoms. The molecule has 3 heterocycles. The second-order valence-electron chi connectivity index (χ2n) is 11.0. The zero-order valence-corrected chi connectivity index (χ0v) is 26.5. The highest BCUT2D eigenvalue weighted by atomic mass is 32.2. The van der Waals surface area contributed by atoms with Gasteiger partial charge in [-0.15, -0.1) is 0 Å². The quantitative estimate of drug-likeness (QED) is 0.356. The third kappa shape index (κ3) is 6.98. The summed E-state index contributed by atoms with van der Waals surface area (Å²) >= 11 is 1.13. The van der Waals surface area contributed by atoms with Crippen LogP contribution in [0.3, 0.4) is 0 Å². The average molecular weight is 660 g/mol. The number of benzene rings is 3. The maximum absolute atomic E-state index is 13.7. The third-order valence-corrected chi connectivity index (χ3v) is 9.86. The predicted molar refractivity (Wildman–Crippen MR) is 178 cm³/mol. The van der Waals surface area contributed by atoms with Crippen LogP contribution in [0, 0.1) is 0 Å². The Morgan fingerprint density at radius 2 is 1.63 bits per heavy atom. The number of carbonyl (C=O) groups is 3. The number of amidine groups is 2. The van der Waals surface area contributed by atoms with E-state index < -0.39 is 16.1 Å². The molecule has 0 bridgehead atoms. The number of primary sulfonamides is 1. The zero-order chi connectivity index (χ0) is 32.3. The lowest BCUT2D eigenvalue weighted by Crippen LogP contribution is -2.50. The molecule has 238 valence electrons. The highest BCUT2D eigenvalue weighted by molar-refractivity contribution is 8.14. The maximum atomic E-state index is 13.7. The standard InChI is InChI=1S/C32H33N7O5S2/c33-46(43,44)24-12-10-22(11-13-24)14-15-34-28(40)21-45-32-36-26-9-5-4-8-25(26)30-35-27(31(42)39(30)32)20-29(41)38-18-16-37(17-19-38)23-6-2-1-3-7-23/h1-13,27H,14-21H2,(H,34,40)(H2,33,43,44)/t27-/m1/s1. The van der Waals surface area contributed by atoms with Crippen molar-refractivity contribution in [2.24, 2.45) is 15.1 Å². The molecule has 0 saturated carbocycles. The minimum Gasteiger partial charge on any atom is -0.368 e. The fourth-order valence-corrected chi connectivity index (χ4v) is 6.90. The number of aliphatic imine (C=N–C) groups is 2. The van der Waals surface area contributed by atoms with Crippen molar-refractivity contribution in [2.75, 3.05) is 43.4 Å². The Kier molecular flexibility index (Phi) is 9.20. The lowest BCUT2D eigenvalue weighted by Gasteiger charge is -2.36. The van der Waals surface area contributed by atoms with Gasteiger partial charge in [0.1, 0.15) is 11.9 Å². The van der Waals surface area contributed by atoms with Crippen molar-refractivity contribution in [3.05, 3.63) is 90.0 Å². The fraction of sp³-hybridized carbons (Fsp3) is 0.281. The number of sulfonamides is 1. The Balaban J connectivity index is 1.05. The van der Waals surface area contributed by atoms with Crippen LogP contribution in [0.4, 0.5) is 11.4 Å². The first kappa shape index (κ1) is 31.5. The number of thioether (sulfide) groups is 1. The molecule has 1 atom stereocenters. The van der Waals surface area contributed by atoms with E-state index in [-0.39, 0.29) is 34.8 Å². The summed E-state index contributed by atoms with van der Waals surface area (Å²) in [5, 5.41) is 8.32. The number of anilines is 1. The molecule has 3 N–H and O–H groups in total. The molecule has 0 aliphatic carbocycles. The molecular formula is C32H33N7O5S2. The minimum absolute atomic E-state index is 0.0116. The second kappa shape index (κ2) is 13.4. The second-order valence-corrected chi connectivity index (χ2v) is 13.5. The van der Waals surface area contributed by atoms with Crippen LogP contribution < -0.4 is 15.4 Å². The van der Waals surface area contributed by atoms with Gasteiger partial charge in [-0.1, -0.05) is 54.2 Å². The molecular weight excluding hydrogens is 627 g/mol. The summed E-state index contributed by atoms with van der Waals surface area (Å²) in [7, 11) is -3.77. The fourth-order valence-electron chi connectivity index (χ4n) is 5.55. The summed E-state index contributed by atoms with van der Waals surface area (Å²) in [5.74, 6) is -0.256. The van der Waals surface area contributed by atoms with Crippen molar-refractivity contribution in [1.29, 1.82) is 0 Å². The van der Waals surface area contributed by atoms with Crippen molar-refractivity contribution in [3.63, 3.8) is 0 Å². The topological polar surface area (TPSA) is 158 Å². The molecule has 3 aromatic carbocycles. The molecule has 1 saturated heterocycles. The summed E-state index contributed by atoms with van der Waals surface area (Å²) < 4.78 is 22.9. The lowest BCUT2D eigenvalue weighted by atomic mass is 10.1. The molecule has 3 aromatic rings. The molecule has 3 aliphatic rings. The smallest absolute Gasteiger partial charge is 0.259 e. The van der Waals surface area contributed by atoms with Crippen molar-refractivity contribution < 1.29 is 22.8 Å². The van der Waals surface area contributed by atoms with Crippen molar-refractivity contribution >= 4 is 61.9 Å². The van der Waals surface area contributed by atoms with Gasteiger partial charge in [0.2, 0.25) is 21.8 Å². The molecule has 0 unspecified atom stereocenters. The predicted octanol–water partition coefficient (Wildman–Crippen LogP) is 2.12. The van der Waals surface area contributed by atoms with Crippen LogP contribution in [0.1, 0.15) is 17.5 Å². The molecule has 0 aromatic heterocycles. The molecule has 3 amide bonds. The highest BCUT2D eigenvalue weighted by Gasteiger charge is 2.42. The number of nitrogens with zero attached hydrogens (tertiary/aromatic N) is 5. The Hall–Kier alpha value is -4.53. The van der Waals surface area contributed by atoms with E-state index in [4.69, 9.17) is 10.1 Å². The summed E-state index contributed by atoms with van der Waals surface area (Å²) in [6.45, 7) is 2.89. The Morgan fingerprint density at radius 1 is 0.935 bits per heavy atom. The van der Waals surface area contributed by atoms with E-state index >= 15 is 0 Å². The first-order valence-electron chi connectivity index (χ1n) is 14.9. The molecule has 0 spiro atoms. The van der Waals surface area contributed by atoms with Gasteiger partial charge < -0.3 is 15.1 Å². The van der Waals surface area contributed by atoms with Gasteiger partial charge in [-0.25, -0.2) is 23.4 Å². The zero-order valence-electron chi connectivity index (χ0n) is 24.9. The number of nitrogens with two attached hydrogens (primary N) is 1. The first-order chi connectivity index (χ1) is 22.2. The number of fused-ring (bicyclic) bond motifs is 3. The number of amides is 3. The van der Waals surface area contributed by atoms with E-state index in [2.05, 4.69) is 27.3 Å². The van der Waals surface area contributed by atoms with Crippen LogP contribution in [0.25, 0.3) is 0 Å². The van der Waals surface area contributed by atoms with Crippen LogP contribution in [0.15, 0.2) is 93.7 Å². The van der Waals surface area contributed by atoms with Gasteiger partial charge in [-0.2, -0.15) is 0 Å². The molecule has 1 fully saturated rings. The summed E-state index contributed by atoms with van der Waals surface area (Å²) in [5.41, 5.74) is 3.30. The van der Waals surface area contributed by atoms with E-state index in [0.29, 0.717) is 61.4 Å². The van der Waals surface area contributed by atoms with Gasteiger partial charge in [0.05, 0.1) is 22.8 Å². The lowest BCUT2D eigenvalue weighted by molar-refractivity contribution is -0.135. The van der Waals surface area contributed by atoms with Crippen LogP contribution in [0.2, 0.25) is 0 Å². The van der Waals surface area contributed by atoms with Crippen molar-refractivity contribution in [2.45, 2.75) is 23.8 Å². The Bertz CT molecular complexity index is 1810. The van der Waals surface area contributed by atoms with E-state index in [1.54, 1.807) is 17.0 Å². The number of para-hydroxylation sites is 2. The molecule has 6 rings (SSSR count). The van der Waals surface area contributed by atoms with Gasteiger partial charge >= 0.3 is 0 Å². The minimum atomic E-state index is -3.77. The number of piperazine rings is 1. The van der Waals surface area contributed by atoms with Gasteiger partial charge in [-0.05, 0) is 48.4 Å². The van der Waals surface area contributed by atoms with E-state index in [0.717, 1.165) is 23.0 Å². The van der Waals surface area contributed by atoms with Crippen LogP contribution in [-0.4, -0.2) is 91.5 Å². The van der Waals surface area contributed by atoms with E-state index in [1.165, 1.54) is 17.0 Å². The summed E-state index contributed by atoms with van der Waals surface area (Å²) in [4.78, 5) is 54.5. The Morgan fingerprint density at radius 3 is 2.35 bits per heavy atom. The van der Waals surface area contributed by atoms with Gasteiger partial charge in [0.15, 0.2) is 5.17 Å². The SMILES string of the molecule is NS(=O)(=O)c1ccc(CCNC(=O)CSC2=Nc3ccccc3C3=N[C@H](CC(=O)N4CCN(c5ccccc5)CC4)C(=O)N23)cc1. The van der Waals surface area contributed by atoms with Gasteiger partial charge in [0.25, 0.3) is 5.91 Å². The van der Waals surface area contributed by atoms with Crippen LogP contribution in [0.5, 0.6) is 0 Å². The van der Waals surface area contributed by atoms with Gasteiger partial charge in [0, 0.05) is 44.0 Å². The summed E-state index contributed by atoms with van der Waals surface area (Å²) in [6, 6.07) is 22.7. The molecule has 12 nitrogen and oxygen atoms in total. The van der Waals surface area contributed by atoms with Crippen LogP contribution >= 0.6 is 11.8 Å². The number of carbonyl (C=O) groups excluding carboxylic acids is 3. The van der Waals surface area contributed by atoms with Gasteiger partial charge in [-0.3, -0.25) is 19.4 Å². The monoisotopic (exact) mass is 659 g/mol. The van der Waals surface area contributed by atoms with Crippen LogP contribution in [-0.2, 0) is 30.8 Å². The maximum Gasteiger partial charge on any atom is 0.259 e. The molecule has 0 radical (unpaired) electrons. The van der Waals surface area contributed by atoms with E-state index in [9.17, 15) is 22.8 Å². The first-order valence-corrected chi connectivity index (χ1v) is 17.4. The average Bonchev–Trinajstić information content (AvgIpc) is 3.39. The molecule has 3 aliphatic heterocycles. The highest BCUT2D eigenvalue weighted by Crippen LogP contribution is 2.34. The van der Waals surface area contributed by atoms with Crippen molar-refractivity contribution in [3.8, 4) is 0 Å². The van der Waals surface area contributed by atoms with E-state index in [1.807, 2.05) is 42.5 Å². The largest absolute Gasteiger partial charge is 0.368 e. The number of rotatable bonds is 9. The Labute approximate surface area is 271 Å². The number of hydrogen-bond donors (Lipinski definition) is 2. The normalized spacial score (nSPS) is 17.6. The number of nitrogens with one attached hydrogen (secondary N) is 1. The third-order valence-electron chi connectivity index (χ3n) is 7.99. The summed E-state index contributed by atoms with van der Waals surface area (Å²) in [6.07, 6.45) is 0.455. The molecule has 14 heteroatoms.